The molecule has 0 saturated heterocycles. The van der Waals surface area contributed by atoms with Crippen molar-refractivity contribution in [3.63, 3.8) is 0 Å². The normalized spacial score (nSPS) is 15.0. The Morgan fingerprint density at radius 2 is 2.00 bits per heavy atom. The van der Waals surface area contributed by atoms with Gasteiger partial charge in [0.05, 0.1) is 11.6 Å². The molecule has 0 bridgehead atoms. The summed E-state index contributed by atoms with van der Waals surface area (Å²) < 4.78 is 1.84. The molecular formula is C24H28N6O3. The predicted octanol–water partition coefficient (Wildman–Crippen LogP) is 4.09. The minimum atomic E-state index is -1.02. The molecule has 4 rings (SSSR count). The maximum absolute atomic E-state index is 13.1. The molecule has 172 valence electrons. The van der Waals surface area contributed by atoms with Crippen molar-refractivity contribution in [2.75, 3.05) is 5.32 Å². The minimum Gasteiger partial charge on any atom is -0.481 e. The lowest BCUT2D eigenvalue weighted by Gasteiger charge is -2.18. The molecule has 33 heavy (non-hydrogen) atoms. The van der Waals surface area contributed by atoms with Gasteiger partial charge in [-0.15, -0.1) is 0 Å². The third-order valence-corrected chi connectivity index (χ3v) is 6.29. The first-order chi connectivity index (χ1) is 15.9. The summed E-state index contributed by atoms with van der Waals surface area (Å²) in [5.74, 6) is -1.09. The number of pyridine rings is 2. The van der Waals surface area contributed by atoms with Crippen LogP contribution >= 0.6 is 0 Å². The van der Waals surface area contributed by atoms with E-state index < -0.39 is 11.9 Å². The van der Waals surface area contributed by atoms with Crippen LogP contribution in [0.15, 0.2) is 35.4 Å². The first-order valence-corrected chi connectivity index (χ1v) is 11.4. The van der Waals surface area contributed by atoms with Crippen LogP contribution in [-0.2, 0) is 11.2 Å². The van der Waals surface area contributed by atoms with Gasteiger partial charge in [0.2, 0.25) is 5.95 Å². The van der Waals surface area contributed by atoms with Gasteiger partial charge >= 0.3 is 5.97 Å². The molecule has 1 atom stereocenters. The van der Waals surface area contributed by atoms with E-state index in [0.29, 0.717) is 35.8 Å². The molecular weight excluding hydrogens is 420 g/mol. The molecule has 9 nitrogen and oxygen atoms in total. The summed E-state index contributed by atoms with van der Waals surface area (Å²) in [5, 5.41) is 21.3. The van der Waals surface area contributed by atoms with Crippen LogP contribution in [0.3, 0.4) is 0 Å². The SMILES string of the molecule is CCc1cc2cnc(Nc3ccc(C(=N)C(CC)C(=O)O)cn3)nc2n(C2CCCC2)c1=O. The van der Waals surface area contributed by atoms with Gasteiger partial charge in [-0.2, -0.15) is 4.98 Å². The zero-order valence-electron chi connectivity index (χ0n) is 18.8. The summed E-state index contributed by atoms with van der Waals surface area (Å²) in [6.45, 7) is 3.72. The Balaban J connectivity index is 1.64. The highest BCUT2D eigenvalue weighted by atomic mass is 16.4. The van der Waals surface area contributed by atoms with E-state index in [2.05, 4.69) is 20.3 Å². The molecule has 3 aromatic heterocycles. The lowest BCUT2D eigenvalue weighted by atomic mass is 9.95. The zero-order valence-corrected chi connectivity index (χ0v) is 18.8. The highest BCUT2D eigenvalue weighted by Gasteiger charge is 2.23. The van der Waals surface area contributed by atoms with Crippen LogP contribution in [-0.4, -0.2) is 36.3 Å². The molecule has 0 aromatic carbocycles. The minimum absolute atomic E-state index is 0.0199. The number of fused-ring (bicyclic) bond motifs is 1. The van der Waals surface area contributed by atoms with Crippen molar-refractivity contribution >= 4 is 34.5 Å². The number of aliphatic carboxylic acids is 1. The maximum Gasteiger partial charge on any atom is 0.312 e. The molecule has 3 N–H and O–H groups in total. The Morgan fingerprint density at radius 3 is 2.61 bits per heavy atom. The molecule has 3 heterocycles. The molecule has 0 amide bonds. The van der Waals surface area contributed by atoms with Crippen LogP contribution in [0.2, 0.25) is 0 Å². The summed E-state index contributed by atoms with van der Waals surface area (Å²) in [6, 6.07) is 5.35. The third-order valence-electron chi connectivity index (χ3n) is 6.29. The van der Waals surface area contributed by atoms with E-state index >= 15 is 0 Å². The first kappa shape index (κ1) is 22.6. The summed E-state index contributed by atoms with van der Waals surface area (Å²) in [4.78, 5) is 37.8. The van der Waals surface area contributed by atoms with Crippen LogP contribution in [0.4, 0.5) is 11.8 Å². The van der Waals surface area contributed by atoms with Crippen LogP contribution in [0.1, 0.15) is 63.1 Å². The monoisotopic (exact) mass is 448 g/mol. The second-order valence-electron chi connectivity index (χ2n) is 8.38. The third kappa shape index (κ3) is 4.48. The lowest BCUT2D eigenvalue weighted by molar-refractivity contribution is -0.139. The molecule has 0 radical (unpaired) electrons. The summed E-state index contributed by atoms with van der Waals surface area (Å²) in [6.07, 6.45) is 8.35. The topological polar surface area (TPSA) is 134 Å². The summed E-state index contributed by atoms with van der Waals surface area (Å²) in [5.41, 5.74) is 1.89. The van der Waals surface area contributed by atoms with Crippen LogP contribution in [0.25, 0.3) is 11.0 Å². The van der Waals surface area contributed by atoms with Gasteiger partial charge in [-0.25, -0.2) is 9.97 Å². The number of nitrogens with zero attached hydrogens (tertiary/aromatic N) is 4. The fourth-order valence-corrected chi connectivity index (χ4v) is 4.44. The second-order valence-corrected chi connectivity index (χ2v) is 8.38. The molecule has 1 aliphatic rings. The van der Waals surface area contributed by atoms with Crippen molar-refractivity contribution in [3.8, 4) is 0 Å². The molecule has 1 aliphatic carbocycles. The van der Waals surface area contributed by atoms with Crippen molar-refractivity contribution in [1.82, 2.24) is 19.5 Å². The zero-order chi connectivity index (χ0) is 23.5. The molecule has 9 heteroatoms. The summed E-state index contributed by atoms with van der Waals surface area (Å²) in [7, 11) is 0. The van der Waals surface area contributed by atoms with Crippen molar-refractivity contribution in [3.05, 3.63) is 52.1 Å². The van der Waals surface area contributed by atoms with Crippen molar-refractivity contribution in [2.24, 2.45) is 5.92 Å². The van der Waals surface area contributed by atoms with E-state index in [1.165, 1.54) is 6.20 Å². The Kier molecular flexibility index (Phi) is 6.48. The van der Waals surface area contributed by atoms with Gasteiger partial charge in [0.25, 0.3) is 5.56 Å². The standard InChI is InChI=1S/C24H28N6O3/c1-3-14-11-16-13-27-24(29-21(16)30(22(14)31)17-7-5-6-8-17)28-19-10-9-15(12-26-19)20(25)18(4-2)23(32)33/h9-13,17-18,25H,3-8H2,1-2H3,(H,32,33)(H,26,27,28,29). The molecule has 1 fully saturated rings. The van der Waals surface area contributed by atoms with Crippen LogP contribution < -0.4 is 10.9 Å². The van der Waals surface area contributed by atoms with Gasteiger partial charge in [-0.05, 0) is 43.9 Å². The number of hydrogen-bond donors (Lipinski definition) is 3. The summed E-state index contributed by atoms with van der Waals surface area (Å²) >= 11 is 0. The fraction of sp³-hybridized carbons (Fsp3) is 0.417. The van der Waals surface area contributed by atoms with Gasteiger partial charge in [-0.1, -0.05) is 26.7 Å². The number of carbonyl (C=O) groups is 1. The molecule has 1 unspecified atom stereocenters. The average molecular weight is 449 g/mol. The Hall–Kier alpha value is -3.62. The number of aryl methyl sites for hydroxylation is 1. The van der Waals surface area contributed by atoms with E-state index in [-0.39, 0.29) is 17.3 Å². The number of aromatic nitrogens is 4. The average Bonchev–Trinajstić information content (AvgIpc) is 3.33. The molecule has 3 aromatic rings. The van der Waals surface area contributed by atoms with Crippen molar-refractivity contribution in [2.45, 2.75) is 58.4 Å². The van der Waals surface area contributed by atoms with Gasteiger partial charge in [0, 0.05) is 34.9 Å². The Labute approximate surface area is 191 Å². The Bertz CT molecular complexity index is 1250. The largest absolute Gasteiger partial charge is 0.481 e. The number of carboxylic acid groups (broad SMARTS) is 1. The lowest BCUT2D eigenvalue weighted by Crippen LogP contribution is -2.27. The van der Waals surface area contributed by atoms with Crippen LogP contribution in [0.5, 0.6) is 0 Å². The number of nitrogens with one attached hydrogen (secondary N) is 2. The van der Waals surface area contributed by atoms with Gasteiger partial charge in [0.1, 0.15) is 11.5 Å². The van der Waals surface area contributed by atoms with Gasteiger partial charge < -0.3 is 15.8 Å². The fourth-order valence-electron chi connectivity index (χ4n) is 4.44. The predicted molar refractivity (Wildman–Crippen MR) is 126 cm³/mol. The quantitative estimate of drug-likeness (QED) is 0.442. The molecule has 0 aliphatic heterocycles. The van der Waals surface area contributed by atoms with Gasteiger partial charge in [0.15, 0.2) is 0 Å². The van der Waals surface area contributed by atoms with E-state index in [0.717, 1.165) is 36.6 Å². The number of rotatable bonds is 8. The van der Waals surface area contributed by atoms with E-state index in [9.17, 15) is 14.7 Å². The Morgan fingerprint density at radius 1 is 1.24 bits per heavy atom. The van der Waals surface area contributed by atoms with Crippen molar-refractivity contribution < 1.29 is 9.90 Å². The molecule has 0 spiro atoms. The van der Waals surface area contributed by atoms with E-state index in [1.807, 2.05) is 17.6 Å². The number of anilines is 2. The van der Waals surface area contributed by atoms with Crippen molar-refractivity contribution in [1.29, 1.82) is 5.41 Å². The smallest absolute Gasteiger partial charge is 0.312 e. The van der Waals surface area contributed by atoms with Crippen LogP contribution in [0, 0.1) is 11.3 Å². The highest BCUT2D eigenvalue weighted by Crippen LogP contribution is 2.31. The van der Waals surface area contributed by atoms with E-state index in [4.69, 9.17) is 5.41 Å². The second kappa shape index (κ2) is 9.48. The van der Waals surface area contributed by atoms with Gasteiger partial charge in [-0.3, -0.25) is 14.2 Å². The highest BCUT2D eigenvalue weighted by molar-refractivity contribution is 6.09. The maximum atomic E-state index is 13.1. The van der Waals surface area contributed by atoms with E-state index in [1.54, 1.807) is 25.3 Å². The molecule has 1 saturated carbocycles. The number of hydrogen-bond acceptors (Lipinski definition) is 7. The number of carboxylic acids is 1. The first-order valence-electron chi connectivity index (χ1n) is 11.4.